The largest absolute Gasteiger partial charge is 0.396 e. The summed E-state index contributed by atoms with van der Waals surface area (Å²) < 4.78 is 11.8. The number of aliphatic hydroxyl groups is 1. The highest BCUT2D eigenvalue weighted by molar-refractivity contribution is 4.57. The molecule has 0 bridgehead atoms. The Balaban J connectivity index is 3.81. The van der Waals surface area contributed by atoms with E-state index in [1.54, 1.807) is 0 Å². The molecule has 26 heavy (non-hydrogen) atoms. The monoisotopic (exact) mass is 372 g/mol. The van der Waals surface area contributed by atoms with Crippen LogP contribution in [0.3, 0.4) is 0 Å². The molecule has 3 heteroatoms. The highest BCUT2D eigenvalue weighted by atomic mass is 16.7. The molecule has 0 heterocycles. The molecule has 0 spiro atoms. The lowest BCUT2D eigenvalue weighted by Crippen LogP contribution is -2.21. The molecule has 0 aliphatic rings. The van der Waals surface area contributed by atoms with Gasteiger partial charge in [0.2, 0.25) is 0 Å². The van der Waals surface area contributed by atoms with Gasteiger partial charge in [0.05, 0.1) is 0 Å². The van der Waals surface area contributed by atoms with Gasteiger partial charge in [-0.25, -0.2) is 0 Å². The highest BCUT2D eigenvalue weighted by Gasteiger charge is 2.12. The molecule has 0 saturated carbocycles. The first kappa shape index (κ1) is 25.9. The highest BCUT2D eigenvalue weighted by Crippen LogP contribution is 2.17. The molecular weight excluding hydrogens is 324 g/mol. The average Bonchev–Trinajstić information content (AvgIpc) is 2.54. The summed E-state index contributed by atoms with van der Waals surface area (Å²) in [4.78, 5) is 0. The Kier molecular flexibility index (Phi) is 16.9. The van der Waals surface area contributed by atoms with Crippen LogP contribution >= 0.6 is 0 Å². The first-order valence-corrected chi connectivity index (χ1v) is 11.2. The van der Waals surface area contributed by atoms with E-state index in [9.17, 15) is 5.11 Å². The summed E-state index contributed by atoms with van der Waals surface area (Å²) in [7, 11) is 0. The Morgan fingerprint density at radius 1 is 0.577 bits per heavy atom. The molecule has 0 aromatic rings. The van der Waals surface area contributed by atoms with Gasteiger partial charge in [-0.3, -0.25) is 0 Å². The second-order valence-electron chi connectivity index (χ2n) is 9.12. The zero-order chi connectivity index (χ0) is 19.8. The maximum absolute atomic E-state index is 9.23. The number of hydrogen-bond acceptors (Lipinski definition) is 3. The standard InChI is InChI=1S/C23H48O3/c1-19(2)9-7-11-21(5)14-17-25-23(13-16-24)26-18-15-22(6)12-8-10-20(3)4/h19-24H,7-18H2,1-6H3. The van der Waals surface area contributed by atoms with Gasteiger partial charge in [-0.2, -0.15) is 0 Å². The Morgan fingerprint density at radius 2 is 1.00 bits per heavy atom. The zero-order valence-electron chi connectivity index (χ0n) is 18.6. The molecule has 1 N–H and O–H groups in total. The summed E-state index contributed by atoms with van der Waals surface area (Å²) in [6.45, 7) is 15.4. The molecule has 0 aromatic carbocycles. The Bertz CT molecular complexity index is 265. The van der Waals surface area contributed by atoms with Gasteiger partial charge < -0.3 is 14.6 Å². The van der Waals surface area contributed by atoms with Crippen LogP contribution in [0.15, 0.2) is 0 Å². The Morgan fingerprint density at radius 3 is 1.35 bits per heavy atom. The van der Waals surface area contributed by atoms with Gasteiger partial charge in [-0.15, -0.1) is 0 Å². The van der Waals surface area contributed by atoms with E-state index in [2.05, 4.69) is 41.5 Å². The van der Waals surface area contributed by atoms with Crippen molar-refractivity contribution in [2.75, 3.05) is 19.8 Å². The summed E-state index contributed by atoms with van der Waals surface area (Å²) in [5.74, 6) is 3.00. The second-order valence-corrected chi connectivity index (χ2v) is 9.12. The molecule has 158 valence electrons. The van der Waals surface area contributed by atoms with Crippen LogP contribution in [0.1, 0.15) is 99.3 Å². The number of rotatable bonds is 18. The fraction of sp³-hybridized carbons (Fsp3) is 1.00. The molecule has 0 rings (SSSR count). The van der Waals surface area contributed by atoms with Gasteiger partial charge >= 0.3 is 0 Å². The molecule has 0 aliphatic heterocycles. The Hall–Kier alpha value is -0.120. The molecule has 0 radical (unpaired) electrons. The summed E-state index contributed by atoms with van der Waals surface area (Å²) >= 11 is 0. The van der Waals surface area contributed by atoms with Crippen molar-refractivity contribution in [1.29, 1.82) is 0 Å². The lowest BCUT2D eigenvalue weighted by Gasteiger charge is -2.20. The van der Waals surface area contributed by atoms with Crippen molar-refractivity contribution in [1.82, 2.24) is 0 Å². The third kappa shape index (κ3) is 17.3. The summed E-state index contributed by atoms with van der Waals surface area (Å²) in [6.07, 6.45) is 10.3. The van der Waals surface area contributed by atoms with E-state index in [1.165, 1.54) is 38.5 Å². The van der Waals surface area contributed by atoms with Crippen LogP contribution in [-0.2, 0) is 9.47 Å². The van der Waals surface area contributed by atoms with Crippen molar-refractivity contribution >= 4 is 0 Å². The van der Waals surface area contributed by atoms with Crippen LogP contribution in [0.5, 0.6) is 0 Å². The SMILES string of the molecule is CC(C)CCCC(C)CCOC(CCO)OCCC(C)CCCC(C)C. The van der Waals surface area contributed by atoms with Crippen molar-refractivity contribution in [2.24, 2.45) is 23.7 Å². The maximum atomic E-state index is 9.23. The fourth-order valence-electron chi connectivity index (χ4n) is 3.16. The molecular formula is C23H48O3. The molecule has 0 aliphatic carbocycles. The summed E-state index contributed by atoms with van der Waals surface area (Å²) in [5.41, 5.74) is 0. The van der Waals surface area contributed by atoms with E-state index in [0.717, 1.165) is 37.9 Å². The number of aliphatic hydroxyl groups excluding tert-OH is 1. The smallest absolute Gasteiger partial charge is 0.159 e. The van der Waals surface area contributed by atoms with Gasteiger partial charge in [-0.1, -0.05) is 80.1 Å². The van der Waals surface area contributed by atoms with Gasteiger partial charge in [0.15, 0.2) is 6.29 Å². The predicted molar refractivity (Wildman–Crippen MR) is 112 cm³/mol. The molecule has 0 aromatic heterocycles. The lowest BCUT2D eigenvalue weighted by molar-refractivity contribution is -0.153. The second kappa shape index (κ2) is 17.0. The van der Waals surface area contributed by atoms with E-state index >= 15 is 0 Å². The summed E-state index contributed by atoms with van der Waals surface area (Å²) in [5, 5.41) is 9.23. The molecule has 0 amide bonds. The normalized spacial score (nSPS) is 15.6. The van der Waals surface area contributed by atoms with Crippen molar-refractivity contribution in [3.05, 3.63) is 0 Å². The summed E-state index contributed by atoms with van der Waals surface area (Å²) in [6, 6.07) is 0. The van der Waals surface area contributed by atoms with Crippen molar-refractivity contribution in [3.63, 3.8) is 0 Å². The molecule has 3 nitrogen and oxygen atoms in total. The third-order valence-corrected chi connectivity index (χ3v) is 5.15. The predicted octanol–water partition coefficient (Wildman–Crippen LogP) is 6.43. The van der Waals surface area contributed by atoms with E-state index in [0.29, 0.717) is 18.3 Å². The van der Waals surface area contributed by atoms with Gasteiger partial charge in [0.25, 0.3) is 0 Å². The van der Waals surface area contributed by atoms with Crippen molar-refractivity contribution < 1.29 is 14.6 Å². The van der Waals surface area contributed by atoms with E-state index in [4.69, 9.17) is 9.47 Å². The van der Waals surface area contributed by atoms with E-state index < -0.39 is 0 Å². The lowest BCUT2D eigenvalue weighted by atomic mass is 9.97. The molecule has 2 unspecified atom stereocenters. The molecule has 2 atom stereocenters. The van der Waals surface area contributed by atoms with Crippen molar-refractivity contribution in [3.8, 4) is 0 Å². The van der Waals surface area contributed by atoms with Crippen LogP contribution in [0.2, 0.25) is 0 Å². The minimum Gasteiger partial charge on any atom is -0.396 e. The number of ether oxygens (including phenoxy) is 2. The molecule has 0 fully saturated rings. The van der Waals surface area contributed by atoms with Crippen LogP contribution in [0, 0.1) is 23.7 Å². The average molecular weight is 373 g/mol. The van der Waals surface area contributed by atoms with Crippen LogP contribution in [-0.4, -0.2) is 31.2 Å². The third-order valence-electron chi connectivity index (χ3n) is 5.15. The fourth-order valence-corrected chi connectivity index (χ4v) is 3.16. The zero-order valence-corrected chi connectivity index (χ0v) is 18.6. The van der Waals surface area contributed by atoms with E-state index in [-0.39, 0.29) is 12.9 Å². The van der Waals surface area contributed by atoms with Gasteiger partial charge in [0.1, 0.15) is 0 Å². The Labute approximate surface area is 164 Å². The minimum atomic E-state index is -0.245. The first-order chi connectivity index (χ1) is 12.3. The number of hydrogen-bond donors (Lipinski definition) is 1. The first-order valence-electron chi connectivity index (χ1n) is 11.2. The molecule has 0 saturated heterocycles. The van der Waals surface area contributed by atoms with E-state index in [1.807, 2.05) is 0 Å². The quantitative estimate of drug-likeness (QED) is 0.282. The van der Waals surface area contributed by atoms with Crippen molar-refractivity contribution in [2.45, 2.75) is 106 Å². The van der Waals surface area contributed by atoms with Gasteiger partial charge in [0, 0.05) is 26.2 Å². The van der Waals surface area contributed by atoms with Crippen LogP contribution in [0.25, 0.3) is 0 Å². The maximum Gasteiger partial charge on any atom is 0.159 e. The van der Waals surface area contributed by atoms with Gasteiger partial charge in [-0.05, 0) is 36.5 Å². The minimum absolute atomic E-state index is 0.124. The topological polar surface area (TPSA) is 38.7 Å². The van der Waals surface area contributed by atoms with Crippen LogP contribution < -0.4 is 0 Å². The van der Waals surface area contributed by atoms with Crippen LogP contribution in [0.4, 0.5) is 0 Å².